The molecule has 0 unspecified atom stereocenters. The maximum atomic E-state index is 9.00. The van der Waals surface area contributed by atoms with Crippen molar-refractivity contribution in [2.75, 3.05) is 0 Å². The second-order valence-electron chi connectivity index (χ2n) is 2.08. The van der Waals surface area contributed by atoms with Crippen molar-refractivity contribution in [2.24, 2.45) is 0 Å². The van der Waals surface area contributed by atoms with Crippen molar-refractivity contribution in [3.05, 3.63) is 0 Å². The number of hydrogen-bond donors (Lipinski definition) is 6. The van der Waals surface area contributed by atoms with Crippen LogP contribution in [0.5, 0.6) is 0 Å². The van der Waals surface area contributed by atoms with Gasteiger partial charge >= 0.3 is 118 Å². The van der Waals surface area contributed by atoms with Gasteiger partial charge in [0.25, 0.3) is 23.9 Å². The third-order valence-electron chi connectivity index (χ3n) is 0. The normalized spacial score (nSPS) is 4.55. The molecule has 0 amide bonds. The van der Waals surface area contributed by atoms with Gasteiger partial charge in [0.2, 0.25) is 0 Å². The minimum absolute atomic E-state index is 0. The van der Waals surface area contributed by atoms with Gasteiger partial charge in [-0.05, 0) is 0 Å². The Kier molecular flexibility index (Phi) is 168. The predicted octanol–water partition coefficient (Wildman–Crippen LogP) is -1.91. The first-order valence-corrected chi connectivity index (χ1v) is 3.71. The van der Waals surface area contributed by atoms with Crippen molar-refractivity contribution in [3.63, 3.8) is 0 Å². The van der Waals surface area contributed by atoms with Gasteiger partial charge in [0.05, 0.1) is 0 Å². The number of carboxylic acids is 4. The number of aliphatic carboxylic acids is 4. The molecule has 0 saturated heterocycles. The summed E-state index contributed by atoms with van der Waals surface area (Å²) in [6.07, 6.45) is 0. The van der Waals surface area contributed by atoms with Crippen LogP contribution in [0.15, 0.2) is 0 Å². The molecule has 0 aliphatic carbocycles. The maximum absolute atomic E-state index is 9.00. The van der Waals surface area contributed by atoms with Crippen LogP contribution in [0.4, 0.5) is 0 Å². The van der Waals surface area contributed by atoms with Gasteiger partial charge in [0.1, 0.15) is 0 Å². The molecule has 0 fully saturated rings. The molecule has 0 aliphatic heterocycles. The van der Waals surface area contributed by atoms with Gasteiger partial charge in [0, 0.05) is 27.7 Å². The molecule has 0 heterocycles. The summed E-state index contributed by atoms with van der Waals surface area (Å²) in [6.45, 7) is 4.33. The molecule has 0 aromatic heterocycles. The zero-order valence-corrected chi connectivity index (χ0v) is 10.8. The Morgan fingerprint density at radius 1 is 0.455 bits per heavy atom. The zero-order valence-electron chi connectivity index (χ0n) is 10.8. The van der Waals surface area contributed by atoms with Crippen molar-refractivity contribution in [1.29, 1.82) is 0 Å². The Labute approximate surface area is 218 Å². The summed E-state index contributed by atoms with van der Waals surface area (Å²) in [6, 6.07) is 0. The van der Waals surface area contributed by atoms with Gasteiger partial charge in [0.15, 0.2) is 0 Å². The standard InChI is InChI=1S/4C2H4O2.2H3N.4Na.4H/c4*1-2(3)4;;;;;;;;;;/h4*1H3,(H,3,4);2*1H3;;;;;;;;. The van der Waals surface area contributed by atoms with Gasteiger partial charge in [-0.15, -0.1) is 0 Å². The summed E-state index contributed by atoms with van der Waals surface area (Å²) < 4.78 is 0. The van der Waals surface area contributed by atoms with Crippen molar-refractivity contribution < 1.29 is 39.6 Å². The van der Waals surface area contributed by atoms with Crippen LogP contribution < -0.4 is 12.3 Å². The summed E-state index contributed by atoms with van der Waals surface area (Å²) in [5, 5.41) is 29.7. The van der Waals surface area contributed by atoms with E-state index in [1.54, 1.807) is 0 Å². The third-order valence-corrected chi connectivity index (χ3v) is 0. The van der Waals surface area contributed by atoms with E-state index in [1.165, 1.54) is 0 Å². The molecule has 0 radical (unpaired) electrons. The minimum atomic E-state index is -0.833. The van der Waals surface area contributed by atoms with Crippen molar-refractivity contribution >= 4 is 142 Å². The average molecular weight is 370 g/mol. The molecule has 14 heteroatoms. The molecular weight excluding hydrogens is 344 g/mol. The van der Waals surface area contributed by atoms with Gasteiger partial charge in [-0.2, -0.15) is 0 Å². The van der Waals surface area contributed by atoms with Gasteiger partial charge in [-0.3, -0.25) is 19.2 Å². The number of carboxylic acid groups (broad SMARTS) is 4. The van der Waals surface area contributed by atoms with Gasteiger partial charge in [-0.1, -0.05) is 0 Å². The molecule has 0 saturated carbocycles. The molecule has 10 N–H and O–H groups in total. The first kappa shape index (κ1) is 65.0. The molecule has 0 rings (SSSR count). The zero-order chi connectivity index (χ0) is 14.3. The van der Waals surface area contributed by atoms with Crippen LogP contribution in [0, 0.1) is 0 Å². The summed E-state index contributed by atoms with van der Waals surface area (Å²) >= 11 is 0. The molecule has 0 aromatic rings. The molecule has 0 bridgehead atoms. The van der Waals surface area contributed by atoms with Crippen LogP contribution in [0.25, 0.3) is 0 Å². The molecule has 22 heavy (non-hydrogen) atoms. The summed E-state index contributed by atoms with van der Waals surface area (Å²) in [7, 11) is 0. The van der Waals surface area contributed by atoms with E-state index in [4.69, 9.17) is 39.6 Å². The molecular formula is C8H26N2Na4O8. The Balaban J connectivity index is -0.00000001000. The molecule has 0 aliphatic rings. The Morgan fingerprint density at radius 3 is 0.455 bits per heavy atom. The van der Waals surface area contributed by atoms with E-state index in [0.29, 0.717) is 0 Å². The van der Waals surface area contributed by atoms with Crippen LogP contribution in [0.3, 0.4) is 0 Å². The van der Waals surface area contributed by atoms with Crippen LogP contribution in [0.1, 0.15) is 27.7 Å². The number of hydrogen-bond acceptors (Lipinski definition) is 6. The predicted molar refractivity (Wildman–Crippen MR) is 91.9 cm³/mol. The topological polar surface area (TPSA) is 219 Å². The molecule has 0 aromatic carbocycles. The first-order chi connectivity index (χ1) is 6.93. The summed E-state index contributed by atoms with van der Waals surface area (Å²) in [4.78, 5) is 36.0. The van der Waals surface area contributed by atoms with Gasteiger partial charge in [-0.25, -0.2) is 0 Å². The van der Waals surface area contributed by atoms with Crippen LogP contribution in [-0.4, -0.2) is 163 Å². The van der Waals surface area contributed by atoms with E-state index < -0.39 is 23.9 Å². The van der Waals surface area contributed by atoms with E-state index >= 15 is 0 Å². The van der Waals surface area contributed by atoms with E-state index in [-0.39, 0.29) is 131 Å². The fraction of sp³-hybridized carbons (Fsp3) is 0.500. The first-order valence-electron chi connectivity index (χ1n) is 3.71. The van der Waals surface area contributed by atoms with Crippen molar-refractivity contribution in [3.8, 4) is 0 Å². The quantitative estimate of drug-likeness (QED) is 0.260. The Morgan fingerprint density at radius 2 is 0.455 bits per heavy atom. The molecule has 0 spiro atoms. The Hall–Kier alpha value is 1.80. The van der Waals surface area contributed by atoms with E-state index in [1.807, 2.05) is 0 Å². The summed E-state index contributed by atoms with van der Waals surface area (Å²) in [5.41, 5.74) is 0. The van der Waals surface area contributed by atoms with Crippen LogP contribution in [-0.2, 0) is 19.2 Å². The Bertz CT molecular complexity index is 180. The SMILES string of the molecule is CC(=O)O.CC(=O)O.CC(=O)O.CC(=O)O.N.N.[NaH].[NaH].[NaH].[NaH]. The van der Waals surface area contributed by atoms with E-state index in [9.17, 15) is 0 Å². The van der Waals surface area contributed by atoms with Crippen LogP contribution >= 0.6 is 0 Å². The van der Waals surface area contributed by atoms with E-state index in [0.717, 1.165) is 27.7 Å². The van der Waals surface area contributed by atoms with Crippen molar-refractivity contribution in [1.82, 2.24) is 12.3 Å². The van der Waals surface area contributed by atoms with Crippen LogP contribution in [0.2, 0.25) is 0 Å². The molecule has 10 nitrogen and oxygen atoms in total. The second-order valence-corrected chi connectivity index (χ2v) is 2.08. The number of carbonyl (C=O) groups is 4. The van der Waals surface area contributed by atoms with E-state index in [2.05, 4.69) is 0 Å². The van der Waals surface area contributed by atoms with Gasteiger partial charge < -0.3 is 32.7 Å². The fourth-order valence-corrected chi connectivity index (χ4v) is 0. The second kappa shape index (κ2) is 56.9. The third kappa shape index (κ3) is 2910. The average Bonchev–Trinajstić information content (AvgIpc) is 1.76. The monoisotopic (exact) mass is 370 g/mol. The summed E-state index contributed by atoms with van der Waals surface area (Å²) in [5.74, 6) is -3.33. The number of rotatable bonds is 0. The fourth-order valence-electron chi connectivity index (χ4n) is 0. The van der Waals surface area contributed by atoms with Crippen molar-refractivity contribution in [2.45, 2.75) is 27.7 Å². The molecule has 0 atom stereocenters. The molecule has 120 valence electrons.